The van der Waals surface area contributed by atoms with Gasteiger partial charge >= 0.3 is 18.2 Å². The van der Waals surface area contributed by atoms with Gasteiger partial charge in [0.05, 0.1) is 19.8 Å². The third-order valence-corrected chi connectivity index (χ3v) is 7.26. The molecule has 11 heteroatoms. The summed E-state index contributed by atoms with van der Waals surface area (Å²) in [6.45, 7) is 12.2. The van der Waals surface area contributed by atoms with Crippen molar-refractivity contribution < 1.29 is 33.7 Å². The molecule has 2 saturated heterocycles. The lowest BCUT2D eigenvalue weighted by Crippen LogP contribution is -2.43. The molecule has 1 N–H and O–H groups in total. The maximum atomic E-state index is 12.0. The minimum absolute atomic E-state index is 0.0102. The van der Waals surface area contributed by atoms with Crippen molar-refractivity contribution in [3.8, 4) is 0 Å². The fraction of sp³-hybridized carbons (Fsp3) is 0.870. The largest absolute Gasteiger partial charge is 0.467 e. The number of amides is 2. The summed E-state index contributed by atoms with van der Waals surface area (Å²) >= 11 is 3.38. The van der Waals surface area contributed by atoms with Crippen LogP contribution in [-0.2, 0) is 19.0 Å². The Labute approximate surface area is 212 Å². The molecule has 2 amide bonds. The first-order chi connectivity index (χ1) is 15.6. The number of ether oxygens (including phenoxy) is 3. The summed E-state index contributed by atoms with van der Waals surface area (Å²) in [6, 6.07) is -0.616. The Morgan fingerprint density at radius 3 is 1.71 bits per heavy atom. The van der Waals surface area contributed by atoms with Gasteiger partial charge in [-0.15, -0.1) is 0 Å². The van der Waals surface area contributed by atoms with E-state index in [-0.39, 0.29) is 30.0 Å². The van der Waals surface area contributed by atoms with E-state index in [9.17, 15) is 19.5 Å². The quantitative estimate of drug-likeness (QED) is 0.438. The van der Waals surface area contributed by atoms with E-state index in [4.69, 9.17) is 14.2 Å². The van der Waals surface area contributed by atoms with Crippen molar-refractivity contribution in [3.05, 3.63) is 0 Å². The smallest absolute Gasteiger partial charge is 0.411 e. The second kappa shape index (κ2) is 13.1. The monoisotopic (exact) mass is 522 g/mol. The standard InChI is InChI=1S/C12H21NO4S.C11H21NO3S/c1-12(2,3)17-11(15)13-7-8(18-5)6-9(13)10(14)16-4;1-11(2,3)15-10(14)12-6-9(16-4)5-8(12)7-13/h8-9H,6-7H2,1-5H3;8-9,13H,5-7H2,1-4H3/t2*8-,9-/m00/s1. The van der Waals surface area contributed by atoms with Gasteiger partial charge in [-0.05, 0) is 66.9 Å². The molecule has 34 heavy (non-hydrogen) atoms. The minimum atomic E-state index is -0.560. The van der Waals surface area contributed by atoms with Gasteiger partial charge in [-0.25, -0.2) is 14.4 Å². The number of likely N-dealkylation sites (tertiary alicyclic amines) is 2. The molecule has 2 aliphatic rings. The van der Waals surface area contributed by atoms with Crippen LogP contribution in [0.25, 0.3) is 0 Å². The van der Waals surface area contributed by atoms with Crippen LogP contribution in [0, 0.1) is 0 Å². The predicted octanol–water partition coefficient (Wildman–Crippen LogP) is 3.62. The SMILES string of the molecule is COC(=O)[C@@H]1C[C@H](SC)CN1C(=O)OC(C)(C)C.CS[C@H]1C[C@@H](CO)N(C(=O)OC(C)(C)C)C1. The highest BCUT2D eigenvalue weighted by molar-refractivity contribution is 7.99. The molecule has 0 unspecified atom stereocenters. The highest BCUT2D eigenvalue weighted by atomic mass is 32.2. The molecule has 2 heterocycles. The molecule has 0 bridgehead atoms. The molecular formula is C23H42N2O7S2. The first-order valence-electron chi connectivity index (χ1n) is 11.4. The lowest BCUT2D eigenvalue weighted by atomic mass is 10.2. The highest BCUT2D eigenvalue weighted by Gasteiger charge is 2.42. The van der Waals surface area contributed by atoms with Gasteiger partial charge in [0.2, 0.25) is 0 Å². The Bertz CT molecular complexity index is 694. The molecule has 9 nitrogen and oxygen atoms in total. The summed E-state index contributed by atoms with van der Waals surface area (Å²) in [7, 11) is 1.34. The van der Waals surface area contributed by atoms with Crippen molar-refractivity contribution >= 4 is 41.7 Å². The third-order valence-electron chi connectivity index (χ3n) is 5.25. The molecule has 0 aromatic rings. The third kappa shape index (κ3) is 9.73. The first kappa shape index (κ1) is 30.7. The summed E-state index contributed by atoms with van der Waals surface area (Å²) in [5, 5.41) is 9.90. The second-order valence-electron chi connectivity index (χ2n) is 10.3. The van der Waals surface area contributed by atoms with Gasteiger partial charge in [0.25, 0.3) is 0 Å². The Kier molecular flexibility index (Phi) is 11.8. The number of hydrogen-bond donors (Lipinski definition) is 1. The van der Waals surface area contributed by atoms with Gasteiger partial charge in [-0.3, -0.25) is 4.90 Å². The average molecular weight is 523 g/mol. The predicted molar refractivity (Wildman–Crippen MR) is 136 cm³/mol. The van der Waals surface area contributed by atoms with Crippen LogP contribution < -0.4 is 0 Å². The van der Waals surface area contributed by atoms with E-state index >= 15 is 0 Å². The van der Waals surface area contributed by atoms with E-state index in [0.717, 1.165) is 6.42 Å². The Hall–Kier alpha value is -1.33. The number of hydrogen-bond acceptors (Lipinski definition) is 9. The van der Waals surface area contributed by atoms with E-state index in [2.05, 4.69) is 0 Å². The fourth-order valence-corrected chi connectivity index (χ4v) is 5.02. The normalized spacial score (nSPS) is 24.9. The molecule has 2 fully saturated rings. The lowest BCUT2D eigenvalue weighted by molar-refractivity contribution is -0.145. The van der Waals surface area contributed by atoms with Gasteiger partial charge in [-0.1, -0.05) is 0 Å². The lowest BCUT2D eigenvalue weighted by Gasteiger charge is -2.27. The molecule has 0 saturated carbocycles. The van der Waals surface area contributed by atoms with E-state index < -0.39 is 23.3 Å². The van der Waals surface area contributed by atoms with Crippen LogP contribution in [0.4, 0.5) is 9.59 Å². The molecule has 0 spiro atoms. The zero-order chi connectivity index (χ0) is 26.3. The molecule has 0 aromatic carbocycles. The van der Waals surface area contributed by atoms with Crippen molar-refractivity contribution in [2.45, 2.75) is 88.2 Å². The van der Waals surface area contributed by atoms with Crippen molar-refractivity contribution in [3.63, 3.8) is 0 Å². The summed E-state index contributed by atoms with van der Waals surface area (Å²) < 4.78 is 15.4. The zero-order valence-electron chi connectivity index (χ0n) is 22.0. The number of carbonyl (C=O) groups excluding carboxylic acids is 3. The van der Waals surface area contributed by atoms with Crippen LogP contribution in [0.1, 0.15) is 54.4 Å². The molecule has 4 atom stereocenters. The Morgan fingerprint density at radius 1 is 0.853 bits per heavy atom. The van der Waals surface area contributed by atoms with E-state index in [1.807, 2.05) is 33.3 Å². The number of methoxy groups -OCH3 is 1. The van der Waals surface area contributed by atoms with Crippen molar-refractivity contribution in [2.75, 3.05) is 39.3 Å². The van der Waals surface area contributed by atoms with Gasteiger partial charge in [0.1, 0.15) is 17.2 Å². The molecule has 0 radical (unpaired) electrons. The van der Waals surface area contributed by atoms with Crippen LogP contribution in [0.5, 0.6) is 0 Å². The number of aliphatic hydroxyl groups excluding tert-OH is 1. The van der Waals surface area contributed by atoms with Gasteiger partial charge in [-0.2, -0.15) is 23.5 Å². The fourth-order valence-electron chi connectivity index (χ4n) is 3.61. The highest BCUT2D eigenvalue weighted by Crippen LogP contribution is 2.29. The van der Waals surface area contributed by atoms with Crippen molar-refractivity contribution in [1.29, 1.82) is 0 Å². The number of carbonyl (C=O) groups is 3. The molecule has 0 aromatic heterocycles. The van der Waals surface area contributed by atoms with Gasteiger partial charge < -0.3 is 24.2 Å². The van der Waals surface area contributed by atoms with E-state index in [1.54, 1.807) is 49.2 Å². The van der Waals surface area contributed by atoms with E-state index in [0.29, 0.717) is 24.8 Å². The summed E-state index contributed by atoms with van der Waals surface area (Å²) in [4.78, 5) is 38.7. The van der Waals surface area contributed by atoms with Gasteiger partial charge in [0, 0.05) is 23.6 Å². The van der Waals surface area contributed by atoms with Crippen LogP contribution in [0.3, 0.4) is 0 Å². The number of rotatable bonds is 4. The Morgan fingerprint density at radius 2 is 1.29 bits per heavy atom. The molecule has 198 valence electrons. The molecule has 0 aliphatic carbocycles. The summed E-state index contributed by atoms with van der Waals surface area (Å²) in [5.74, 6) is -0.377. The Balaban J connectivity index is 0.000000342. The molecule has 2 rings (SSSR count). The topological polar surface area (TPSA) is 106 Å². The summed E-state index contributed by atoms with van der Waals surface area (Å²) in [6.07, 6.45) is 4.69. The number of esters is 1. The maximum absolute atomic E-state index is 12.0. The molecular weight excluding hydrogens is 480 g/mol. The van der Waals surface area contributed by atoms with Crippen LogP contribution in [0.15, 0.2) is 0 Å². The van der Waals surface area contributed by atoms with E-state index in [1.165, 1.54) is 12.0 Å². The van der Waals surface area contributed by atoms with Crippen LogP contribution in [-0.4, -0.2) is 106 Å². The minimum Gasteiger partial charge on any atom is -0.467 e. The first-order valence-corrected chi connectivity index (χ1v) is 14.0. The number of thioether (sulfide) groups is 2. The van der Waals surface area contributed by atoms with Crippen molar-refractivity contribution in [1.82, 2.24) is 9.80 Å². The van der Waals surface area contributed by atoms with Gasteiger partial charge in [0.15, 0.2) is 0 Å². The van der Waals surface area contributed by atoms with Crippen molar-refractivity contribution in [2.24, 2.45) is 0 Å². The zero-order valence-corrected chi connectivity index (χ0v) is 23.6. The second-order valence-corrected chi connectivity index (χ2v) is 12.6. The number of aliphatic hydroxyl groups is 1. The molecule has 2 aliphatic heterocycles. The van der Waals surface area contributed by atoms with Crippen LogP contribution in [0.2, 0.25) is 0 Å². The van der Waals surface area contributed by atoms with Crippen LogP contribution >= 0.6 is 23.5 Å². The maximum Gasteiger partial charge on any atom is 0.411 e. The average Bonchev–Trinajstić information content (AvgIpc) is 3.35. The number of nitrogens with zero attached hydrogens (tertiary/aromatic N) is 2. The summed E-state index contributed by atoms with van der Waals surface area (Å²) in [5.41, 5.74) is -1.04.